The number of halogens is 4. The van der Waals surface area contributed by atoms with Crippen LogP contribution in [0, 0.1) is 0 Å². The van der Waals surface area contributed by atoms with Gasteiger partial charge >= 0.3 is 12.1 Å². The summed E-state index contributed by atoms with van der Waals surface area (Å²) >= 11 is 5.63. The molecule has 0 fully saturated rings. The Morgan fingerprint density at radius 3 is 2.44 bits per heavy atom. The van der Waals surface area contributed by atoms with E-state index in [4.69, 9.17) is 11.6 Å². The first-order chi connectivity index (χ1) is 8.27. The lowest BCUT2D eigenvalue weighted by atomic mass is 10.1. The van der Waals surface area contributed by atoms with Crippen molar-refractivity contribution in [3.05, 3.63) is 35.4 Å². The Bertz CT molecular complexity index is 471. The number of ketones is 1. The number of carbonyl (C=O) groups is 2. The molecule has 98 valence electrons. The van der Waals surface area contributed by atoms with Crippen LogP contribution in [0.25, 0.3) is 0 Å². The minimum atomic E-state index is -4.54. The second-order valence-corrected chi connectivity index (χ2v) is 3.78. The van der Waals surface area contributed by atoms with Crippen LogP contribution in [0.2, 0.25) is 0 Å². The molecule has 0 unspecified atom stereocenters. The number of hydrogen-bond acceptors (Lipinski definition) is 3. The van der Waals surface area contributed by atoms with Crippen LogP contribution < -0.4 is 0 Å². The van der Waals surface area contributed by atoms with Gasteiger partial charge in [0, 0.05) is 0 Å². The van der Waals surface area contributed by atoms with E-state index in [0.29, 0.717) is 0 Å². The van der Waals surface area contributed by atoms with Gasteiger partial charge in [0.2, 0.25) is 0 Å². The monoisotopic (exact) mass is 280 g/mol. The number of carbonyl (C=O) groups excluding carboxylic acids is 2. The van der Waals surface area contributed by atoms with Gasteiger partial charge in [0.25, 0.3) is 5.78 Å². The fourth-order valence-electron chi connectivity index (χ4n) is 1.23. The van der Waals surface area contributed by atoms with Gasteiger partial charge in [-0.05, 0) is 17.7 Å². The fourth-order valence-corrected chi connectivity index (χ4v) is 1.45. The maximum absolute atomic E-state index is 12.4. The summed E-state index contributed by atoms with van der Waals surface area (Å²) in [6.45, 7) is 0. The summed E-state index contributed by atoms with van der Waals surface area (Å²) in [5.74, 6) is -2.31. The van der Waals surface area contributed by atoms with Crippen LogP contribution in [0.4, 0.5) is 13.2 Å². The predicted molar refractivity (Wildman–Crippen MR) is 57.1 cm³/mol. The van der Waals surface area contributed by atoms with E-state index < -0.39 is 28.9 Å². The molecule has 1 aromatic carbocycles. The average Bonchev–Trinajstić information content (AvgIpc) is 2.35. The SMILES string of the molecule is COC(=O)C(=O)[C@H](Cl)c1cccc(C(F)(F)F)c1. The minimum Gasteiger partial charge on any atom is -0.463 e. The fraction of sp³-hybridized carbons (Fsp3) is 0.273. The van der Waals surface area contributed by atoms with Crippen molar-refractivity contribution in [2.45, 2.75) is 11.6 Å². The Labute approximate surface area is 105 Å². The Kier molecular flexibility index (Phi) is 4.34. The van der Waals surface area contributed by atoms with Gasteiger partial charge in [0.1, 0.15) is 5.38 Å². The van der Waals surface area contributed by atoms with E-state index in [1.165, 1.54) is 6.07 Å². The van der Waals surface area contributed by atoms with Gasteiger partial charge < -0.3 is 4.74 Å². The Morgan fingerprint density at radius 1 is 1.33 bits per heavy atom. The molecule has 0 aliphatic carbocycles. The zero-order valence-electron chi connectivity index (χ0n) is 9.12. The lowest BCUT2D eigenvalue weighted by Gasteiger charge is -2.11. The highest BCUT2D eigenvalue weighted by Crippen LogP contribution is 2.32. The molecule has 0 aliphatic heterocycles. The topological polar surface area (TPSA) is 43.4 Å². The van der Waals surface area contributed by atoms with Crippen LogP contribution in [0.5, 0.6) is 0 Å². The molecule has 7 heteroatoms. The summed E-state index contributed by atoms with van der Waals surface area (Å²) in [5.41, 5.74) is -1.05. The third kappa shape index (κ3) is 3.22. The third-order valence-corrected chi connectivity index (χ3v) is 2.57. The van der Waals surface area contributed by atoms with Crippen LogP contribution in [-0.2, 0) is 20.5 Å². The molecule has 0 saturated heterocycles. The molecular formula is C11H8ClF3O3. The highest BCUT2D eigenvalue weighted by molar-refractivity contribution is 6.47. The molecule has 0 radical (unpaired) electrons. The highest BCUT2D eigenvalue weighted by Gasteiger charge is 2.32. The van der Waals surface area contributed by atoms with Crippen molar-refractivity contribution < 1.29 is 27.5 Å². The first-order valence-corrected chi connectivity index (χ1v) is 5.14. The van der Waals surface area contributed by atoms with Crippen molar-refractivity contribution in [1.82, 2.24) is 0 Å². The molecule has 0 aromatic heterocycles. The number of benzene rings is 1. The summed E-state index contributed by atoms with van der Waals surface area (Å²) in [6.07, 6.45) is -4.54. The first kappa shape index (κ1) is 14.5. The van der Waals surface area contributed by atoms with Crippen LogP contribution in [-0.4, -0.2) is 18.9 Å². The van der Waals surface area contributed by atoms with Gasteiger partial charge in [-0.1, -0.05) is 12.1 Å². The normalized spacial score (nSPS) is 12.9. The van der Waals surface area contributed by atoms with E-state index in [-0.39, 0.29) is 5.56 Å². The second-order valence-electron chi connectivity index (χ2n) is 3.34. The number of ether oxygens (including phenoxy) is 1. The Morgan fingerprint density at radius 2 is 1.94 bits per heavy atom. The van der Waals surface area contributed by atoms with Gasteiger partial charge in [0.05, 0.1) is 12.7 Å². The van der Waals surface area contributed by atoms with Crippen LogP contribution >= 0.6 is 11.6 Å². The smallest absolute Gasteiger partial charge is 0.416 e. The van der Waals surface area contributed by atoms with Crippen molar-refractivity contribution in [2.75, 3.05) is 7.11 Å². The zero-order valence-corrected chi connectivity index (χ0v) is 9.88. The molecule has 1 rings (SSSR count). The Balaban J connectivity index is 3.04. The summed E-state index contributed by atoms with van der Waals surface area (Å²) < 4.78 is 41.5. The number of methoxy groups -OCH3 is 1. The van der Waals surface area contributed by atoms with E-state index in [9.17, 15) is 22.8 Å². The van der Waals surface area contributed by atoms with Gasteiger partial charge in [-0.15, -0.1) is 11.6 Å². The largest absolute Gasteiger partial charge is 0.463 e. The maximum atomic E-state index is 12.4. The molecule has 0 spiro atoms. The second kappa shape index (κ2) is 5.39. The third-order valence-electron chi connectivity index (χ3n) is 2.12. The lowest BCUT2D eigenvalue weighted by molar-refractivity contribution is -0.151. The number of hydrogen-bond donors (Lipinski definition) is 0. The van der Waals surface area contributed by atoms with Crippen LogP contribution in [0.15, 0.2) is 24.3 Å². The molecule has 0 aliphatic rings. The molecule has 0 amide bonds. The maximum Gasteiger partial charge on any atom is 0.416 e. The highest BCUT2D eigenvalue weighted by atomic mass is 35.5. The van der Waals surface area contributed by atoms with Crippen LogP contribution in [0.1, 0.15) is 16.5 Å². The summed E-state index contributed by atoms with van der Waals surface area (Å²) in [7, 11) is 0.982. The molecular weight excluding hydrogens is 273 g/mol. The molecule has 0 N–H and O–H groups in total. The van der Waals surface area contributed by atoms with Gasteiger partial charge in [-0.25, -0.2) is 4.79 Å². The molecule has 3 nitrogen and oxygen atoms in total. The molecule has 0 heterocycles. The number of Topliss-reactive ketones (excluding diaryl/α,β-unsaturated/α-hetero) is 1. The lowest BCUT2D eigenvalue weighted by Crippen LogP contribution is -2.20. The van der Waals surface area contributed by atoms with Crippen LogP contribution in [0.3, 0.4) is 0 Å². The van der Waals surface area contributed by atoms with Gasteiger partial charge in [-0.2, -0.15) is 13.2 Å². The summed E-state index contributed by atoms with van der Waals surface area (Å²) in [5, 5.41) is -1.50. The zero-order chi connectivity index (χ0) is 13.9. The van der Waals surface area contributed by atoms with E-state index in [1.807, 2.05) is 0 Å². The molecule has 1 aromatic rings. The van der Waals surface area contributed by atoms with Gasteiger partial charge in [0.15, 0.2) is 0 Å². The van der Waals surface area contributed by atoms with E-state index in [2.05, 4.69) is 4.74 Å². The van der Waals surface area contributed by atoms with Crippen molar-refractivity contribution in [1.29, 1.82) is 0 Å². The number of esters is 1. The summed E-state index contributed by atoms with van der Waals surface area (Å²) in [6, 6.07) is 3.90. The molecule has 1 atom stereocenters. The first-order valence-electron chi connectivity index (χ1n) is 4.70. The quantitative estimate of drug-likeness (QED) is 0.486. The molecule has 0 bridgehead atoms. The van der Waals surface area contributed by atoms with Crippen molar-refractivity contribution in [2.24, 2.45) is 0 Å². The van der Waals surface area contributed by atoms with Crippen molar-refractivity contribution in [3.63, 3.8) is 0 Å². The van der Waals surface area contributed by atoms with Gasteiger partial charge in [-0.3, -0.25) is 4.79 Å². The Hall–Kier alpha value is -1.56. The number of alkyl halides is 4. The average molecular weight is 281 g/mol. The van der Waals surface area contributed by atoms with E-state index >= 15 is 0 Å². The standard InChI is InChI=1S/C11H8ClF3O3/c1-18-10(17)9(16)8(12)6-3-2-4-7(5-6)11(13,14)15/h2-5,8H,1H3/t8-/m1/s1. The predicted octanol–water partition coefficient (Wildman–Crippen LogP) is 2.73. The minimum absolute atomic E-state index is 0.109. The van der Waals surface area contributed by atoms with E-state index in [0.717, 1.165) is 25.3 Å². The van der Waals surface area contributed by atoms with Crippen molar-refractivity contribution in [3.8, 4) is 0 Å². The van der Waals surface area contributed by atoms with Crippen molar-refractivity contribution >= 4 is 23.4 Å². The summed E-state index contributed by atoms with van der Waals surface area (Å²) in [4.78, 5) is 22.3. The number of rotatable bonds is 3. The van der Waals surface area contributed by atoms with E-state index in [1.54, 1.807) is 0 Å². The molecule has 18 heavy (non-hydrogen) atoms. The molecule has 0 saturated carbocycles.